The molecule has 30 heavy (non-hydrogen) atoms. The van der Waals surface area contributed by atoms with Gasteiger partial charge in [-0.15, -0.1) is 0 Å². The molecule has 0 bridgehead atoms. The first-order chi connectivity index (χ1) is 14.4. The molecule has 3 aromatic rings. The van der Waals surface area contributed by atoms with E-state index < -0.39 is 11.7 Å². The fourth-order valence-corrected chi connectivity index (χ4v) is 3.48. The summed E-state index contributed by atoms with van der Waals surface area (Å²) in [6.45, 7) is 4.12. The third-order valence-corrected chi connectivity index (χ3v) is 5.24. The molecule has 150 valence electrons. The van der Waals surface area contributed by atoms with Crippen molar-refractivity contribution in [1.29, 1.82) is 0 Å². The Morgan fingerprint density at radius 3 is 2.30 bits per heavy atom. The van der Waals surface area contributed by atoms with Crippen LogP contribution in [-0.2, 0) is 16.1 Å². The highest BCUT2D eigenvalue weighted by molar-refractivity contribution is 6.36. The van der Waals surface area contributed by atoms with Gasteiger partial charge >= 0.3 is 0 Å². The van der Waals surface area contributed by atoms with Crippen LogP contribution in [0.3, 0.4) is 0 Å². The number of nitrogens with one attached hydrogen (secondary N) is 1. The van der Waals surface area contributed by atoms with Crippen LogP contribution in [0.2, 0.25) is 0 Å². The minimum atomic E-state index is -0.429. The van der Waals surface area contributed by atoms with Crippen LogP contribution in [-0.4, -0.2) is 16.7 Å². The van der Waals surface area contributed by atoms with E-state index in [2.05, 4.69) is 5.32 Å². The van der Waals surface area contributed by atoms with Crippen molar-refractivity contribution in [2.45, 2.75) is 20.4 Å². The zero-order chi connectivity index (χ0) is 21.3. The van der Waals surface area contributed by atoms with Crippen LogP contribution in [0.15, 0.2) is 78.5 Å². The number of hydrogen-bond donors (Lipinski definition) is 1. The minimum Gasteiger partial charge on any atom is -0.350 e. The Morgan fingerprint density at radius 1 is 0.833 bits per heavy atom. The number of carbonyl (C=O) groups excluding carboxylic acids is 2. The summed E-state index contributed by atoms with van der Waals surface area (Å²) in [7, 11) is 0. The van der Waals surface area contributed by atoms with Gasteiger partial charge in [0.25, 0.3) is 11.8 Å². The second kappa shape index (κ2) is 7.95. The van der Waals surface area contributed by atoms with Crippen molar-refractivity contribution in [2.24, 2.45) is 0 Å². The molecule has 0 saturated carbocycles. The lowest BCUT2D eigenvalue weighted by atomic mass is 9.99. The van der Waals surface area contributed by atoms with Crippen LogP contribution in [0, 0.1) is 19.7 Å². The van der Waals surface area contributed by atoms with Gasteiger partial charge in [0.05, 0.1) is 12.1 Å². The Morgan fingerprint density at radius 2 is 1.60 bits per heavy atom. The van der Waals surface area contributed by atoms with Gasteiger partial charge in [0.1, 0.15) is 11.5 Å². The third-order valence-electron chi connectivity index (χ3n) is 5.24. The Hall–Kier alpha value is -3.73. The molecule has 0 unspecified atom stereocenters. The van der Waals surface area contributed by atoms with Crippen LogP contribution in [0.1, 0.15) is 22.3 Å². The zero-order valence-electron chi connectivity index (χ0n) is 16.8. The summed E-state index contributed by atoms with van der Waals surface area (Å²) in [6, 6.07) is 20.8. The lowest BCUT2D eigenvalue weighted by molar-refractivity contribution is -0.137. The van der Waals surface area contributed by atoms with Crippen molar-refractivity contribution >= 4 is 23.1 Å². The quantitative estimate of drug-likeness (QED) is 0.624. The molecule has 1 heterocycles. The maximum absolute atomic E-state index is 13.7. The summed E-state index contributed by atoms with van der Waals surface area (Å²) >= 11 is 0. The summed E-state index contributed by atoms with van der Waals surface area (Å²) < 4.78 is 13.7. The van der Waals surface area contributed by atoms with E-state index in [1.807, 2.05) is 62.4 Å². The maximum atomic E-state index is 13.7. The predicted molar refractivity (Wildman–Crippen MR) is 115 cm³/mol. The van der Waals surface area contributed by atoms with Gasteiger partial charge in [0.15, 0.2) is 0 Å². The summed E-state index contributed by atoms with van der Waals surface area (Å²) in [4.78, 5) is 27.8. The first-order valence-electron chi connectivity index (χ1n) is 9.68. The van der Waals surface area contributed by atoms with Crippen LogP contribution in [0.25, 0.3) is 5.57 Å². The number of halogens is 1. The predicted octanol–water partition coefficient (Wildman–Crippen LogP) is 4.83. The van der Waals surface area contributed by atoms with E-state index in [1.54, 1.807) is 12.1 Å². The molecule has 0 aromatic heterocycles. The summed E-state index contributed by atoms with van der Waals surface area (Å²) in [6.07, 6.45) is 0. The van der Waals surface area contributed by atoms with Crippen LogP contribution in [0.4, 0.5) is 10.1 Å². The topological polar surface area (TPSA) is 49.4 Å². The first-order valence-corrected chi connectivity index (χ1v) is 9.68. The van der Waals surface area contributed by atoms with Gasteiger partial charge in [-0.2, -0.15) is 0 Å². The van der Waals surface area contributed by atoms with E-state index in [-0.39, 0.29) is 18.1 Å². The normalized spacial score (nSPS) is 13.9. The van der Waals surface area contributed by atoms with Crippen LogP contribution >= 0.6 is 0 Å². The number of benzene rings is 3. The van der Waals surface area contributed by atoms with Gasteiger partial charge in [0, 0.05) is 5.69 Å². The minimum absolute atomic E-state index is 0.157. The fraction of sp³-hybridized carbons (Fsp3) is 0.120. The van der Waals surface area contributed by atoms with E-state index >= 15 is 0 Å². The fourth-order valence-electron chi connectivity index (χ4n) is 3.48. The molecule has 5 heteroatoms. The van der Waals surface area contributed by atoms with Crippen LogP contribution in [0.5, 0.6) is 0 Å². The Balaban J connectivity index is 1.77. The van der Waals surface area contributed by atoms with Crippen molar-refractivity contribution in [3.63, 3.8) is 0 Å². The molecule has 1 aliphatic heterocycles. The average Bonchev–Trinajstić information content (AvgIpc) is 2.95. The standard InChI is InChI=1S/C25H21FN2O2/c1-16-11-12-19(13-17(16)2)22-23(27-21-10-6-9-20(26)14-21)25(30)28(24(22)29)15-18-7-4-3-5-8-18/h3-14,27H,15H2,1-2H3. The average molecular weight is 400 g/mol. The number of rotatable bonds is 5. The van der Waals surface area contributed by atoms with Gasteiger partial charge in [-0.25, -0.2) is 4.39 Å². The molecule has 4 rings (SSSR count). The van der Waals surface area contributed by atoms with Gasteiger partial charge in [-0.05, 0) is 54.3 Å². The van der Waals surface area contributed by atoms with Crippen molar-refractivity contribution in [1.82, 2.24) is 4.90 Å². The van der Waals surface area contributed by atoms with E-state index in [0.29, 0.717) is 16.8 Å². The molecule has 0 saturated heterocycles. The molecule has 1 aliphatic rings. The number of aryl methyl sites for hydroxylation is 2. The molecule has 0 spiro atoms. The molecular formula is C25H21FN2O2. The number of anilines is 1. The zero-order valence-corrected chi connectivity index (χ0v) is 16.8. The molecule has 4 nitrogen and oxygen atoms in total. The van der Waals surface area contributed by atoms with Gasteiger partial charge < -0.3 is 5.32 Å². The van der Waals surface area contributed by atoms with Gasteiger partial charge in [-0.3, -0.25) is 14.5 Å². The van der Waals surface area contributed by atoms with E-state index in [0.717, 1.165) is 16.7 Å². The second-order valence-electron chi connectivity index (χ2n) is 7.37. The van der Waals surface area contributed by atoms with E-state index in [9.17, 15) is 14.0 Å². The van der Waals surface area contributed by atoms with Crippen molar-refractivity contribution in [3.8, 4) is 0 Å². The number of imide groups is 1. The molecular weight excluding hydrogens is 379 g/mol. The summed E-state index contributed by atoms with van der Waals surface area (Å²) in [5.41, 5.74) is 4.49. The van der Waals surface area contributed by atoms with E-state index in [1.165, 1.54) is 17.0 Å². The second-order valence-corrected chi connectivity index (χ2v) is 7.37. The molecule has 0 atom stereocenters. The lowest BCUT2D eigenvalue weighted by Crippen LogP contribution is -2.32. The third kappa shape index (κ3) is 3.74. The summed E-state index contributed by atoms with van der Waals surface area (Å²) in [5, 5.41) is 2.99. The Kier molecular flexibility index (Phi) is 5.19. The highest BCUT2D eigenvalue weighted by Crippen LogP contribution is 2.32. The lowest BCUT2D eigenvalue weighted by Gasteiger charge is -2.15. The molecule has 0 radical (unpaired) electrons. The number of carbonyl (C=O) groups is 2. The highest BCUT2D eigenvalue weighted by atomic mass is 19.1. The molecule has 0 fully saturated rings. The number of hydrogen-bond acceptors (Lipinski definition) is 3. The Labute approximate surface area is 174 Å². The van der Waals surface area contributed by atoms with Gasteiger partial charge in [-0.1, -0.05) is 54.6 Å². The van der Waals surface area contributed by atoms with Crippen molar-refractivity contribution < 1.29 is 14.0 Å². The SMILES string of the molecule is Cc1ccc(C2=C(Nc3cccc(F)c3)C(=O)N(Cc3ccccc3)C2=O)cc1C. The van der Waals surface area contributed by atoms with Crippen molar-refractivity contribution in [2.75, 3.05) is 5.32 Å². The molecule has 3 aromatic carbocycles. The molecule has 2 amide bonds. The van der Waals surface area contributed by atoms with E-state index in [4.69, 9.17) is 0 Å². The number of amides is 2. The summed E-state index contributed by atoms with van der Waals surface area (Å²) in [5.74, 6) is -1.22. The largest absolute Gasteiger partial charge is 0.350 e. The number of nitrogens with zero attached hydrogens (tertiary/aromatic N) is 1. The molecule has 1 N–H and O–H groups in total. The highest BCUT2D eigenvalue weighted by Gasteiger charge is 2.39. The first kappa shape index (κ1) is 19.6. The monoisotopic (exact) mass is 400 g/mol. The smallest absolute Gasteiger partial charge is 0.278 e. The van der Waals surface area contributed by atoms with Gasteiger partial charge in [0.2, 0.25) is 0 Å². The van der Waals surface area contributed by atoms with Crippen LogP contribution < -0.4 is 5.32 Å². The molecule has 0 aliphatic carbocycles. The van der Waals surface area contributed by atoms with Crippen molar-refractivity contribution in [3.05, 3.63) is 107 Å². The maximum Gasteiger partial charge on any atom is 0.278 e. The Bertz CT molecular complexity index is 1170.